The molecule has 1 fully saturated rings. The summed E-state index contributed by atoms with van der Waals surface area (Å²) in [5.74, 6) is 0.0372. The lowest BCUT2D eigenvalue weighted by atomic mass is 10.00. The number of ether oxygens (including phenoxy) is 1. The second-order valence-electron chi connectivity index (χ2n) is 6.16. The Labute approximate surface area is 134 Å². The quantitative estimate of drug-likeness (QED) is 0.853. The minimum absolute atomic E-state index is 0.0372. The van der Waals surface area contributed by atoms with Gasteiger partial charge in [0.25, 0.3) is 5.91 Å². The van der Waals surface area contributed by atoms with Crippen molar-refractivity contribution in [3.63, 3.8) is 0 Å². The molecule has 0 unspecified atom stereocenters. The fourth-order valence-corrected chi connectivity index (χ4v) is 3.39. The summed E-state index contributed by atoms with van der Waals surface area (Å²) in [4.78, 5) is 19.4. The molecule has 0 aliphatic carbocycles. The Morgan fingerprint density at radius 2 is 2.18 bits per heavy atom. The third kappa shape index (κ3) is 2.78. The number of amides is 1. The van der Waals surface area contributed by atoms with Crippen molar-refractivity contribution in [2.24, 2.45) is 0 Å². The molecule has 116 valence electrons. The van der Waals surface area contributed by atoms with Crippen LogP contribution in [0.15, 0.2) is 29.0 Å². The molecule has 5 heteroatoms. The minimum atomic E-state index is -0.284. The van der Waals surface area contributed by atoms with Crippen molar-refractivity contribution in [2.45, 2.75) is 26.3 Å². The Morgan fingerprint density at radius 3 is 2.82 bits per heavy atom. The highest BCUT2D eigenvalue weighted by atomic mass is 32.1. The zero-order valence-corrected chi connectivity index (χ0v) is 13.9. The molecule has 3 heterocycles. The van der Waals surface area contributed by atoms with Crippen LogP contribution in [0.2, 0.25) is 0 Å². The van der Waals surface area contributed by atoms with Gasteiger partial charge in [0, 0.05) is 17.5 Å². The van der Waals surface area contributed by atoms with Gasteiger partial charge in [-0.15, -0.1) is 0 Å². The zero-order chi connectivity index (χ0) is 15.7. The maximum atomic E-state index is 12.9. The lowest BCUT2D eigenvalue weighted by molar-refractivity contribution is -0.0371. The SMILES string of the molecule is Cc1nc(-c2ccsc2)ccc1C(=O)N1CCOCC1(C)C. The second kappa shape index (κ2) is 5.82. The maximum Gasteiger partial charge on any atom is 0.256 e. The first kappa shape index (κ1) is 15.2. The Balaban J connectivity index is 1.90. The summed E-state index contributed by atoms with van der Waals surface area (Å²) in [7, 11) is 0. The van der Waals surface area contributed by atoms with Crippen molar-refractivity contribution in [1.29, 1.82) is 0 Å². The summed E-state index contributed by atoms with van der Waals surface area (Å²) in [6.07, 6.45) is 0. The van der Waals surface area contributed by atoms with Gasteiger partial charge in [-0.25, -0.2) is 0 Å². The lowest BCUT2D eigenvalue weighted by Crippen LogP contribution is -2.55. The number of hydrogen-bond acceptors (Lipinski definition) is 4. The number of pyridine rings is 1. The average Bonchev–Trinajstić information content (AvgIpc) is 3.00. The molecular formula is C17H20N2O2S. The first-order valence-corrected chi connectivity index (χ1v) is 8.33. The van der Waals surface area contributed by atoms with Crippen molar-refractivity contribution in [2.75, 3.05) is 19.8 Å². The van der Waals surface area contributed by atoms with E-state index in [1.165, 1.54) is 0 Å². The van der Waals surface area contributed by atoms with E-state index in [0.717, 1.165) is 17.0 Å². The lowest BCUT2D eigenvalue weighted by Gasteiger charge is -2.42. The molecule has 0 N–H and O–H groups in total. The van der Waals surface area contributed by atoms with Crippen LogP contribution in [0.4, 0.5) is 0 Å². The highest BCUT2D eigenvalue weighted by Crippen LogP contribution is 2.25. The first-order chi connectivity index (χ1) is 10.5. The van der Waals surface area contributed by atoms with Gasteiger partial charge in [0.1, 0.15) is 0 Å². The molecule has 4 nitrogen and oxygen atoms in total. The van der Waals surface area contributed by atoms with Crippen LogP contribution >= 0.6 is 11.3 Å². The van der Waals surface area contributed by atoms with Gasteiger partial charge >= 0.3 is 0 Å². The Kier molecular flexibility index (Phi) is 4.02. The van der Waals surface area contributed by atoms with Crippen molar-refractivity contribution in [3.8, 4) is 11.3 Å². The number of aryl methyl sites for hydroxylation is 1. The molecule has 0 spiro atoms. The molecule has 2 aromatic rings. The standard InChI is InChI=1S/C17H20N2O2S/c1-12-14(4-5-15(18-12)13-6-9-22-10-13)16(20)19-7-8-21-11-17(19,2)3/h4-6,9-10H,7-8,11H2,1-3H3. The van der Waals surface area contributed by atoms with Gasteiger partial charge in [0.05, 0.1) is 35.7 Å². The van der Waals surface area contributed by atoms with E-state index in [4.69, 9.17) is 4.74 Å². The molecule has 3 rings (SSSR count). The van der Waals surface area contributed by atoms with Crippen LogP contribution in [0.25, 0.3) is 11.3 Å². The van der Waals surface area contributed by atoms with Crippen molar-refractivity contribution in [1.82, 2.24) is 9.88 Å². The average molecular weight is 316 g/mol. The van der Waals surface area contributed by atoms with E-state index in [2.05, 4.69) is 10.4 Å². The van der Waals surface area contributed by atoms with Crippen molar-refractivity contribution in [3.05, 3.63) is 40.2 Å². The molecule has 1 saturated heterocycles. The molecule has 0 saturated carbocycles. The van der Waals surface area contributed by atoms with Crippen LogP contribution in [0.1, 0.15) is 29.9 Å². The highest BCUT2D eigenvalue weighted by molar-refractivity contribution is 7.08. The van der Waals surface area contributed by atoms with Crippen LogP contribution in [0.3, 0.4) is 0 Å². The summed E-state index contributed by atoms with van der Waals surface area (Å²) in [6.45, 7) is 7.75. The van der Waals surface area contributed by atoms with E-state index < -0.39 is 0 Å². The summed E-state index contributed by atoms with van der Waals surface area (Å²) in [5, 5.41) is 4.09. The van der Waals surface area contributed by atoms with Crippen LogP contribution < -0.4 is 0 Å². The Hall–Kier alpha value is -1.72. The molecule has 0 bridgehead atoms. The van der Waals surface area contributed by atoms with E-state index in [1.807, 2.05) is 49.3 Å². The largest absolute Gasteiger partial charge is 0.377 e. The molecule has 0 aromatic carbocycles. The second-order valence-corrected chi connectivity index (χ2v) is 6.94. The summed E-state index contributed by atoms with van der Waals surface area (Å²) < 4.78 is 5.49. The number of thiophene rings is 1. The van der Waals surface area contributed by atoms with E-state index >= 15 is 0 Å². The predicted molar refractivity (Wildman–Crippen MR) is 88.2 cm³/mol. The topological polar surface area (TPSA) is 42.4 Å². The van der Waals surface area contributed by atoms with E-state index in [1.54, 1.807) is 11.3 Å². The van der Waals surface area contributed by atoms with E-state index in [9.17, 15) is 4.79 Å². The monoisotopic (exact) mass is 316 g/mol. The van der Waals surface area contributed by atoms with Gasteiger partial charge in [-0.2, -0.15) is 11.3 Å². The third-order valence-corrected chi connectivity index (χ3v) is 4.71. The summed E-state index contributed by atoms with van der Waals surface area (Å²) in [5.41, 5.74) is 3.17. The number of rotatable bonds is 2. The number of morpholine rings is 1. The molecule has 2 aromatic heterocycles. The molecule has 0 atom stereocenters. The third-order valence-electron chi connectivity index (χ3n) is 4.02. The molecule has 22 heavy (non-hydrogen) atoms. The first-order valence-electron chi connectivity index (χ1n) is 7.39. The van der Waals surface area contributed by atoms with Gasteiger partial charge in [-0.3, -0.25) is 9.78 Å². The van der Waals surface area contributed by atoms with Gasteiger partial charge in [-0.1, -0.05) is 0 Å². The number of nitrogens with zero attached hydrogens (tertiary/aromatic N) is 2. The molecule has 1 aliphatic heterocycles. The van der Waals surface area contributed by atoms with Gasteiger partial charge in [0.15, 0.2) is 0 Å². The molecule has 0 radical (unpaired) electrons. The van der Waals surface area contributed by atoms with Crippen LogP contribution in [0, 0.1) is 6.92 Å². The molecule has 1 aliphatic rings. The fraction of sp³-hybridized carbons (Fsp3) is 0.412. The minimum Gasteiger partial charge on any atom is -0.377 e. The van der Waals surface area contributed by atoms with Crippen LogP contribution in [-0.2, 0) is 4.74 Å². The van der Waals surface area contributed by atoms with E-state index in [0.29, 0.717) is 25.3 Å². The number of hydrogen-bond donors (Lipinski definition) is 0. The van der Waals surface area contributed by atoms with Crippen LogP contribution in [0.5, 0.6) is 0 Å². The predicted octanol–water partition coefficient (Wildman–Crippen LogP) is 3.37. The molecular weight excluding hydrogens is 296 g/mol. The van der Waals surface area contributed by atoms with Crippen molar-refractivity contribution < 1.29 is 9.53 Å². The summed E-state index contributed by atoms with van der Waals surface area (Å²) in [6, 6.07) is 5.86. The van der Waals surface area contributed by atoms with E-state index in [-0.39, 0.29) is 11.4 Å². The van der Waals surface area contributed by atoms with Crippen LogP contribution in [-0.4, -0.2) is 41.1 Å². The Morgan fingerprint density at radius 1 is 1.36 bits per heavy atom. The zero-order valence-electron chi connectivity index (χ0n) is 13.1. The molecule has 1 amide bonds. The smallest absolute Gasteiger partial charge is 0.256 e. The Bertz CT molecular complexity index is 680. The van der Waals surface area contributed by atoms with Gasteiger partial charge in [-0.05, 0) is 44.4 Å². The number of carbonyl (C=O) groups excluding carboxylic acids is 1. The maximum absolute atomic E-state index is 12.9. The number of aromatic nitrogens is 1. The highest BCUT2D eigenvalue weighted by Gasteiger charge is 2.35. The summed E-state index contributed by atoms with van der Waals surface area (Å²) >= 11 is 1.64. The fourth-order valence-electron chi connectivity index (χ4n) is 2.74. The van der Waals surface area contributed by atoms with Gasteiger partial charge in [0.2, 0.25) is 0 Å². The number of carbonyl (C=O) groups is 1. The van der Waals surface area contributed by atoms with Crippen molar-refractivity contribution >= 4 is 17.2 Å². The normalized spacial score (nSPS) is 17.5. The van der Waals surface area contributed by atoms with Gasteiger partial charge < -0.3 is 9.64 Å².